The Kier molecular flexibility index (Phi) is 2.11. The second-order valence-corrected chi connectivity index (χ2v) is 3.29. The van der Waals surface area contributed by atoms with Gasteiger partial charge in [-0.1, -0.05) is 0 Å². The highest BCUT2D eigenvalue weighted by Crippen LogP contribution is 2.13. The van der Waals surface area contributed by atoms with E-state index in [1.165, 1.54) is 10.9 Å². The van der Waals surface area contributed by atoms with Crippen molar-refractivity contribution < 1.29 is 9.90 Å². The van der Waals surface area contributed by atoms with Crippen LogP contribution in [-0.2, 0) is 11.3 Å². The van der Waals surface area contributed by atoms with E-state index in [1.54, 1.807) is 6.92 Å². The quantitative estimate of drug-likeness (QED) is 0.775. The Hall–Kier alpha value is -1.98. The maximum absolute atomic E-state index is 10.6. The van der Waals surface area contributed by atoms with Gasteiger partial charge >= 0.3 is 5.97 Å². The van der Waals surface area contributed by atoms with Gasteiger partial charge in [0.1, 0.15) is 17.9 Å². The lowest BCUT2D eigenvalue weighted by Crippen LogP contribution is -2.08. The number of aromatic nitrogens is 4. The van der Waals surface area contributed by atoms with Gasteiger partial charge in [0.2, 0.25) is 0 Å². The molecular formula is C9H10N4O2. The van der Waals surface area contributed by atoms with Gasteiger partial charge in [-0.3, -0.25) is 4.79 Å². The van der Waals surface area contributed by atoms with Gasteiger partial charge < -0.3 is 9.67 Å². The standard InChI is InChI=1S/C9H10N4O2/c1-5-8-9(12-6(2)11-5)13(4-10-8)3-7(14)15/h4H,3H2,1-2H3,(H,14,15). The van der Waals surface area contributed by atoms with Crippen LogP contribution in [0.5, 0.6) is 0 Å². The average Bonchev–Trinajstić information content (AvgIpc) is 2.48. The molecule has 1 N–H and O–H groups in total. The fraction of sp³-hybridized carbons (Fsp3) is 0.333. The van der Waals surface area contributed by atoms with Crippen molar-refractivity contribution in [2.45, 2.75) is 20.4 Å². The number of fused-ring (bicyclic) bond motifs is 1. The summed E-state index contributed by atoms with van der Waals surface area (Å²) in [7, 11) is 0. The lowest BCUT2D eigenvalue weighted by atomic mass is 10.4. The molecular weight excluding hydrogens is 196 g/mol. The summed E-state index contributed by atoms with van der Waals surface area (Å²) in [5, 5.41) is 8.69. The number of aryl methyl sites for hydroxylation is 2. The van der Waals surface area contributed by atoms with Crippen molar-refractivity contribution in [1.82, 2.24) is 19.5 Å². The van der Waals surface area contributed by atoms with E-state index in [0.717, 1.165) is 5.69 Å². The van der Waals surface area contributed by atoms with Crippen LogP contribution in [0.4, 0.5) is 0 Å². The average molecular weight is 206 g/mol. The van der Waals surface area contributed by atoms with Gasteiger partial charge in [0.25, 0.3) is 0 Å². The molecule has 0 aliphatic heterocycles. The van der Waals surface area contributed by atoms with Crippen LogP contribution in [0.25, 0.3) is 11.2 Å². The van der Waals surface area contributed by atoms with E-state index in [2.05, 4.69) is 15.0 Å². The molecule has 0 bridgehead atoms. The first-order valence-electron chi connectivity index (χ1n) is 4.46. The van der Waals surface area contributed by atoms with Gasteiger partial charge in [0.05, 0.1) is 12.0 Å². The molecule has 0 spiro atoms. The molecule has 15 heavy (non-hydrogen) atoms. The molecule has 0 radical (unpaired) electrons. The van der Waals surface area contributed by atoms with Crippen LogP contribution in [-0.4, -0.2) is 30.6 Å². The summed E-state index contributed by atoms with van der Waals surface area (Å²) in [6, 6.07) is 0. The predicted molar refractivity (Wildman–Crippen MR) is 52.4 cm³/mol. The number of hydrogen-bond donors (Lipinski definition) is 1. The summed E-state index contributed by atoms with van der Waals surface area (Å²) in [4.78, 5) is 23.0. The third-order valence-electron chi connectivity index (χ3n) is 2.06. The Morgan fingerprint density at radius 1 is 1.47 bits per heavy atom. The maximum atomic E-state index is 10.6. The summed E-state index contributed by atoms with van der Waals surface area (Å²) in [5.74, 6) is -0.296. The molecule has 0 unspecified atom stereocenters. The Morgan fingerprint density at radius 2 is 2.20 bits per heavy atom. The zero-order valence-electron chi connectivity index (χ0n) is 8.43. The number of carboxylic acids is 1. The van der Waals surface area contributed by atoms with Crippen LogP contribution >= 0.6 is 0 Å². The van der Waals surface area contributed by atoms with Crippen molar-refractivity contribution in [2.75, 3.05) is 0 Å². The minimum Gasteiger partial charge on any atom is -0.480 e. The first kappa shape index (κ1) is 9.57. The molecule has 2 heterocycles. The van der Waals surface area contributed by atoms with Crippen LogP contribution in [0.3, 0.4) is 0 Å². The molecule has 6 nitrogen and oxygen atoms in total. The largest absolute Gasteiger partial charge is 0.480 e. The predicted octanol–water partition coefficient (Wildman–Crippen LogP) is 0.528. The van der Waals surface area contributed by atoms with Gasteiger partial charge in [-0.05, 0) is 13.8 Å². The number of hydrogen-bond acceptors (Lipinski definition) is 4. The molecule has 2 rings (SSSR count). The van der Waals surface area contributed by atoms with E-state index < -0.39 is 5.97 Å². The van der Waals surface area contributed by atoms with Crippen LogP contribution in [0.15, 0.2) is 6.33 Å². The number of imidazole rings is 1. The lowest BCUT2D eigenvalue weighted by Gasteiger charge is -2.00. The molecule has 0 amide bonds. The molecule has 0 aromatic carbocycles. The number of rotatable bonds is 2. The molecule has 2 aromatic heterocycles. The second-order valence-electron chi connectivity index (χ2n) is 3.29. The third kappa shape index (κ3) is 1.65. The van der Waals surface area contributed by atoms with Gasteiger partial charge in [-0.25, -0.2) is 15.0 Å². The molecule has 0 atom stereocenters. The molecule has 0 saturated heterocycles. The zero-order chi connectivity index (χ0) is 11.0. The monoisotopic (exact) mass is 206 g/mol. The summed E-state index contributed by atoms with van der Waals surface area (Å²) in [6.07, 6.45) is 1.47. The van der Waals surface area contributed by atoms with Gasteiger partial charge in [-0.2, -0.15) is 0 Å². The fourth-order valence-corrected chi connectivity index (χ4v) is 1.48. The Labute approximate surface area is 85.6 Å². The van der Waals surface area contributed by atoms with Crippen molar-refractivity contribution in [3.8, 4) is 0 Å². The first-order chi connectivity index (χ1) is 7.08. The number of aliphatic carboxylic acids is 1. The normalized spacial score (nSPS) is 10.8. The number of carbonyl (C=O) groups is 1. The first-order valence-corrected chi connectivity index (χ1v) is 4.46. The molecule has 6 heteroatoms. The van der Waals surface area contributed by atoms with Gasteiger partial charge in [0, 0.05) is 0 Å². The summed E-state index contributed by atoms with van der Waals surface area (Å²) in [6.45, 7) is 3.46. The zero-order valence-corrected chi connectivity index (χ0v) is 8.43. The van der Waals surface area contributed by atoms with Gasteiger partial charge in [0.15, 0.2) is 5.65 Å². The Balaban J connectivity index is 2.63. The molecule has 78 valence electrons. The topological polar surface area (TPSA) is 80.9 Å². The third-order valence-corrected chi connectivity index (χ3v) is 2.06. The Morgan fingerprint density at radius 3 is 2.87 bits per heavy atom. The summed E-state index contributed by atoms with van der Waals surface area (Å²) in [5.41, 5.74) is 1.99. The van der Waals surface area contributed by atoms with Crippen molar-refractivity contribution in [3.63, 3.8) is 0 Å². The van der Waals surface area contributed by atoms with Crippen LogP contribution < -0.4 is 0 Å². The lowest BCUT2D eigenvalue weighted by molar-refractivity contribution is -0.137. The van der Waals surface area contributed by atoms with E-state index >= 15 is 0 Å². The maximum Gasteiger partial charge on any atom is 0.323 e. The van der Waals surface area contributed by atoms with E-state index in [9.17, 15) is 4.79 Å². The smallest absolute Gasteiger partial charge is 0.323 e. The highest BCUT2D eigenvalue weighted by Gasteiger charge is 2.10. The number of carboxylic acid groups (broad SMARTS) is 1. The molecule has 0 fully saturated rings. The highest BCUT2D eigenvalue weighted by atomic mass is 16.4. The molecule has 2 aromatic rings. The van der Waals surface area contributed by atoms with E-state index in [0.29, 0.717) is 17.0 Å². The highest BCUT2D eigenvalue weighted by molar-refractivity contribution is 5.75. The van der Waals surface area contributed by atoms with E-state index in [-0.39, 0.29) is 6.54 Å². The van der Waals surface area contributed by atoms with Crippen LogP contribution in [0.2, 0.25) is 0 Å². The fourth-order valence-electron chi connectivity index (χ4n) is 1.48. The van der Waals surface area contributed by atoms with Crippen molar-refractivity contribution in [3.05, 3.63) is 17.8 Å². The van der Waals surface area contributed by atoms with Gasteiger partial charge in [-0.15, -0.1) is 0 Å². The van der Waals surface area contributed by atoms with Crippen molar-refractivity contribution in [1.29, 1.82) is 0 Å². The Bertz CT molecular complexity index is 532. The summed E-state index contributed by atoms with van der Waals surface area (Å²) >= 11 is 0. The minimum atomic E-state index is -0.914. The van der Waals surface area contributed by atoms with E-state index in [1.807, 2.05) is 6.92 Å². The summed E-state index contributed by atoms with van der Waals surface area (Å²) < 4.78 is 1.50. The van der Waals surface area contributed by atoms with Crippen LogP contribution in [0, 0.1) is 13.8 Å². The molecule has 0 saturated carbocycles. The van der Waals surface area contributed by atoms with Crippen LogP contribution in [0.1, 0.15) is 11.5 Å². The SMILES string of the molecule is Cc1nc(C)c2ncn(CC(=O)O)c2n1. The van der Waals surface area contributed by atoms with E-state index in [4.69, 9.17) is 5.11 Å². The van der Waals surface area contributed by atoms with Crippen molar-refractivity contribution >= 4 is 17.1 Å². The molecule has 0 aliphatic carbocycles. The van der Waals surface area contributed by atoms with Crippen molar-refractivity contribution in [2.24, 2.45) is 0 Å². The minimum absolute atomic E-state index is 0.133. The second kappa shape index (κ2) is 3.30. The molecule has 0 aliphatic rings. The number of nitrogens with zero attached hydrogens (tertiary/aromatic N) is 4.